The Morgan fingerprint density at radius 2 is 1.83 bits per heavy atom. The third-order valence-corrected chi connectivity index (χ3v) is 6.32. The van der Waals surface area contributed by atoms with E-state index in [2.05, 4.69) is 19.2 Å². The van der Waals surface area contributed by atoms with Crippen molar-refractivity contribution in [2.45, 2.75) is 76.8 Å². The van der Waals surface area contributed by atoms with Crippen molar-refractivity contribution in [3.8, 4) is 0 Å². The van der Waals surface area contributed by atoms with Crippen molar-refractivity contribution in [1.82, 2.24) is 5.32 Å². The first-order chi connectivity index (χ1) is 8.60. The maximum absolute atomic E-state index is 5.08. The summed E-state index contributed by atoms with van der Waals surface area (Å²) in [5.41, 5.74) is 0.821. The number of thioether (sulfide) groups is 1. The molecule has 2 nitrogen and oxygen atoms in total. The van der Waals surface area contributed by atoms with Gasteiger partial charge in [0.05, 0.1) is 6.04 Å². The fourth-order valence-corrected chi connectivity index (χ4v) is 5.02. The van der Waals surface area contributed by atoms with Gasteiger partial charge in [0.1, 0.15) is 0 Å². The van der Waals surface area contributed by atoms with Crippen LogP contribution in [0, 0.1) is 5.41 Å². The summed E-state index contributed by atoms with van der Waals surface area (Å²) < 4.78 is 0. The molecule has 0 radical (unpaired) electrons. The third-order valence-electron chi connectivity index (χ3n) is 5.14. The van der Waals surface area contributed by atoms with Crippen LogP contribution in [0.4, 0.5) is 0 Å². The molecular weight excluding hydrogens is 240 g/mol. The molecule has 0 bridgehead atoms. The number of hydrogen-bond donors (Lipinski definition) is 1. The molecule has 1 spiro atoms. The van der Waals surface area contributed by atoms with Crippen LogP contribution in [0.1, 0.15) is 65.2 Å². The van der Waals surface area contributed by atoms with Gasteiger partial charge in [0.25, 0.3) is 0 Å². The standard InChI is InChI=1S/C15H26N2S/c1-14(2)8-4-3-7-12(14)16-13-17-15(11-18-13)9-5-6-10-15/h12H,3-11H2,1-2H3,(H,16,17). The zero-order valence-corrected chi connectivity index (χ0v) is 12.6. The van der Waals surface area contributed by atoms with Gasteiger partial charge in [-0.2, -0.15) is 0 Å². The Hall–Kier alpha value is -0.180. The van der Waals surface area contributed by atoms with Gasteiger partial charge in [-0.05, 0) is 31.1 Å². The van der Waals surface area contributed by atoms with E-state index in [0.717, 1.165) is 0 Å². The SMILES string of the molecule is CC1(C)CCCCC1N=C1NC2(CCCC2)CS1. The van der Waals surface area contributed by atoms with E-state index < -0.39 is 0 Å². The normalized spacial score (nSPS) is 36.1. The van der Waals surface area contributed by atoms with Crippen molar-refractivity contribution < 1.29 is 0 Å². The average molecular weight is 266 g/mol. The van der Waals surface area contributed by atoms with E-state index in [9.17, 15) is 0 Å². The van der Waals surface area contributed by atoms with Gasteiger partial charge in [-0.15, -0.1) is 0 Å². The molecule has 1 saturated heterocycles. The number of nitrogens with zero attached hydrogens (tertiary/aromatic N) is 1. The molecule has 0 aromatic rings. The van der Waals surface area contributed by atoms with Crippen LogP contribution < -0.4 is 5.32 Å². The van der Waals surface area contributed by atoms with Gasteiger partial charge in [0.15, 0.2) is 5.17 Å². The summed E-state index contributed by atoms with van der Waals surface area (Å²) in [4.78, 5) is 5.08. The summed E-state index contributed by atoms with van der Waals surface area (Å²) in [7, 11) is 0. The highest BCUT2D eigenvalue weighted by Crippen LogP contribution is 2.41. The Kier molecular flexibility index (Phi) is 3.38. The van der Waals surface area contributed by atoms with Gasteiger partial charge in [-0.25, -0.2) is 0 Å². The Balaban J connectivity index is 1.69. The summed E-state index contributed by atoms with van der Waals surface area (Å²) >= 11 is 1.97. The zero-order chi connectivity index (χ0) is 12.6. The minimum Gasteiger partial charge on any atom is -0.359 e. The van der Waals surface area contributed by atoms with E-state index in [-0.39, 0.29) is 0 Å². The van der Waals surface area contributed by atoms with E-state index in [4.69, 9.17) is 4.99 Å². The van der Waals surface area contributed by atoms with Crippen LogP contribution in [0.2, 0.25) is 0 Å². The second kappa shape index (κ2) is 4.73. The maximum Gasteiger partial charge on any atom is 0.157 e. The van der Waals surface area contributed by atoms with Crippen molar-refractivity contribution in [1.29, 1.82) is 0 Å². The third kappa shape index (κ3) is 2.43. The number of rotatable bonds is 1. The smallest absolute Gasteiger partial charge is 0.157 e. The number of nitrogens with one attached hydrogen (secondary N) is 1. The molecule has 1 atom stereocenters. The summed E-state index contributed by atoms with van der Waals surface area (Å²) in [6, 6.07) is 0.540. The van der Waals surface area contributed by atoms with Crippen LogP contribution in [0.5, 0.6) is 0 Å². The molecule has 0 amide bonds. The Morgan fingerprint density at radius 3 is 2.56 bits per heavy atom. The summed E-state index contributed by atoms with van der Waals surface area (Å²) in [5, 5.41) is 5.01. The molecule has 102 valence electrons. The Labute approximate surface area is 115 Å². The van der Waals surface area contributed by atoms with Crippen molar-refractivity contribution in [3.05, 3.63) is 0 Å². The highest BCUT2D eigenvalue weighted by molar-refractivity contribution is 8.14. The van der Waals surface area contributed by atoms with Gasteiger partial charge in [0, 0.05) is 11.3 Å². The molecule has 1 unspecified atom stereocenters. The molecule has 0 aromatic heterocycles. The van der Waals surface area contributed by atoms with Crippen molar-refractivity contribution in [2.75, 3.05) is 5.75 Å². The fraction of sp³-hybridized carbons (Fsp3) is 0.933. The maximum atomic E-state index is 5.08. The predicted octanol–water partition coefficient (Wildman–Crippen LogP) is 3.96. The van der Waals surface area contributed by atoms with Crippen molar-refractivity contribution >= 4 is 16.9 Å². The lowest BCUT2D eigenvalue weighted by Crippen LogP contribution is -2.41. The van der Waals surface area contributed by atoms with Gasteiger partial charge in [-0.3, -0.25) is 4.99 Å². The number of hydrogen-bond acceptors (Lipinski definition) is 2. The molecule has 3 fully saturated rings. The second-order valence-electron chi connectivity index (χ2n) is 7.09. The molecule has 2 aliphatic carbocycles. The minimum absolute atomic E-state index is 0.402. The van der Waals surface area contributed by atoms with Gasteiger partial charge < -0.3 is 5.32 Å². The first-order valence-electron chi connectivity index (χ1n) is 7.59. The summed E-state index contributed by atoms with van der Waals surface area (Å²) in [6.45, 7) is 4.79. The Morgan fingerprint density at radius 1 is 1.11 bits per heavy atom. The molecule has 1 N–H and O–H groups in total. The predicted molar refractivity (Wildman–Crippen MR) is 80.3 cm³/mol. The number of amidine groups is 1. The van der Waals surface area contributed by atoms with Crippen LogP contribution in [-0.4, -0.2) is 22.5 Å². The topological polar surface area (TPSA) is 24.4 Å². The molecule has 3 rings (SSSR count). The lowest BCUT2D eigenvalue weighted by molar-refractivity contribution is 0.203. The molecular formula is C15H26N2S. The number of aliphatic imine (C=N–C) groups is 1. The van der Waals surface area contributed by atoms with Crippen LogP contribution in [0.25, 0.3) is 0 Å². The zero-order valence-electron chi connectivity index (χ0n) is 11.8. The molecule has 2 saturated carbocycles. The van der Waals surface area contributed by atoms with Gasteiger partial charge >= 0.3 is 0 Å². The van der Waals surface area contributed by atoms with Crippen LogP contribution >= 0.6 is 11.8 Å². The average Bonchev–Trinajstić information content (AvgIpc) is 2.93. The largest absolute Gasteiger partial charge is 0.359 e. The molecule has 1 heterocycles. The molecule has 3 heteroatoms. The lowest BCUT2D eigenvalue weighted by Gasteiger charge is -2.36. The molecule has 1 aliphatic heterocycles. The van der Waals surface area contributed by atoms with E-state index in [0.29, 0.717) is 17.0 Å². The van der Waals surface area contributed by atoms with Crippen LogP contribution in [-0.2, 0) is 0 Å². The first-order valence-corrected chi connectivity index (χ1v) is 8.57. The second-order valence-corrected chi connectivity index (χ2v) is 8.05. The van der Waals surface area contributed by atoms with Crippen molar-refractivity contribution in [2.24, 2.45) is 10.4 Å². The van der Waals surface area contributed by atoms with E-state index in [1.54, 1.807) is 0 Å². The first kappa shape index (κ1) is 12.8. The summed E-state index contributed by atoms with van der Waals surface area (Å²) in [6.07, 6.45) is 10.9. The fourth-order valence-electron chi connectivity index (χ4n) is 3.75. The summed E-state index contributed by atoms with van der Waals surface area (Å²) in [5.74, 6) is 1.25. The van der Waals surface area contributed by atoms with E-state index in [1.807, 2.05) is 11.8 Å². The van der Waals surface area contributed by atoms with Crippen LogP contribution in [0.15, 0.2) is 4.99 Å². The molecule has 18 heavy (non-hydrogen) atoms. The monoisotopic (exact) mass is 266 g/mol. The van der Waals surface area contributed by atoms with Crippen LogP contribution in [0.3, 0.4) is 0 Å². The highest BCUT2D eigenvalue weighted by Gasteiger charge is 2.40. The highest BCUT2D eigenvalue weighted by atomic mass is 32.2. The Bertz CT molecular complexity index is 342. The van der Waals surface area contributed by atoms with Crippen molar-refractivity contribution in [3.63, 3.8) is 0 Å². The van der Waals surface area contributed by atoms with Gasteiger partial charge in [0.2, 0.25) is 0 Å². The quantitative estimate of drug-likeness (QED) is 0.777. The molecule has 3 aliphatic rings. The minimum atomic E-state index is 0.402. The lowest BCUT2D eigenvalue weighted by atomic mass is 9.73. The molecule has 0 aromatic carbocycles. The van der Waals surface area contributed by atoms with E-state index >= 15 is 0 Å². The van der Waals surface area contributed by atoms with E-state index in [1.165, 1.54) is 62.3 Å². The van der Waals surface area contributed by atoms with Gasteiger partial charge in [-0.1, -0.05) is 51.3 Å².